The van der Waals surface area contributed by atoms with Crippen molar-refractivity contribution in [3.8, 4) is 0 Å². The standard InChI is InChI=1S/C10H17NO2/c1-3-5-11-7-9-4-6-13-10(9)8-12-2/h4,6,11H,3,5,7-8H2,1-2H3. The predicted octanol–water partition coefficient (Wildman–Crippen LogP) is 1.93. The van der Waals surface area contributed by atoms with Crippen molar-refractivity contribution < 1.29 is 9.15 Å². The molecule has 1 heterocycles. The minimum Gasteiger partial charge on any atom is -0.467 e. The minimum atomic E-state index is 0.552. The van der Waals surface area contributed by atoms with E-state index in [0.29, 0.717) is 6.61 Å². The van der Waals surface area contributed by atoms with Gasteiger partial charge in [0.2, 0.25) is 0 Å². The summed E-state index contributed by atoms with van der Waals surface area (Å²) in [5.41, 5.74) is 1.19. The summed E-state index contributed by atoms with van der Waals surface area (Å²) >= 11 is 0. The molecule has 0 aliphatic heterocycles. The lowest BCUT2D eigenvalue weighted by Gasteiger charge is -2.02. The fourth-order valence-corrected chi connectivity index (χ4v) is 1.18. The number of nitrogens with one attached hydrogen (secondary N) is 1. The van der Waals surface area contributed by atoms with E-state index in [1.807, 2.05) is 6.07 Å². The van der Waals surface area contributed by atoms with Gasteiger partial charge in [0.25, 0.3) is 0 Å². The molecule has 0 bridgehead atoms. The fourth-order valence-electron chi connectivity index (χ4n) is 1.18. The smallest absolute Gasteiger partial charge is 0.133 e. The summed E-state index contributed by atoms with van der Waals surface area (Å²) in [7, 11) is 1.67. The molecule has 3 nitrogen and oxygen atoms in total. The molecule has 1 N–H and O–H groups in total. The summed E-state index contributed by atoms with van der Waals surface area (Å²) in [5.74, 6) is 0.922. The molecule has 0 radical (unpaired) electrons. The van der Waals surface area contributed by atoms with Crippen molar-refractivity contribution >= 4 is 0 Å². The number of furan rings is 1. The topological polar surface area (TPSA) is 34.4 Å². The second kappa shape index (κ2) is 5.78. The minimum absolute atomic E-state index is 0.552. The first-order valence-corrected chi connectivity index (χ1v) is 4.63. The molecule has 1 rings (SSSR count). The number of ether oxygens (including phenoxy) is 1. The van der Waals surface area contributed by atoms with Gasteiger partial charge in [-0.3, -0.25) is 0 Å². The van der Waals surface area contributed by atoms with E-state index >= 15 is 0 Å². The Hall–Kier alpha value is -0.800. The highest BCUT2D eigenvalue weighted by molar-refractivity contribution is 5.15. The van der Waals surface area contributed by atoms with Crippen LogP contribution in [-0.2, 0) is 17.9 Å². The van der Waals surface area contributed by atoms with Gasteiger partial charge in [-0.1, -0.05) is 6.92 Å². The number of methoxy groups -OCH3 is 1. The predicted molar refractivity (Wildman–Crippen MR) is 51.4 cm³/mol. The zero-order valence-electron chi connectivity index (χ0n) is 8.30. The Morgan fingerprint density at radius 2 is 2.38 bits per heavy atom. The Kier molecular flexibility index (Phi) is 4.57. The van der Waals surface area contributed by atoms with Crippen molar-refractivity contribution in [3.63, 3.8) is 0 Å². The molecular formula is C10H17NO2. The van der Waals surface area contributed by atoms with Crippen LogP contribution in [0.3, 0.4) is 0 Å². The molecule has 0 aromatic carbocycles. The molecule has 74 valence electrons. The highest BCUT2D eigenvalue weighted by Gasteiger charge is 2.04. The Balaban J connectivity index is 2.40. The normalized spacial score (nSPS) is 10.6. The molecule has 1 aromatic rings. The number of rotatable bonds is 6. The molecule has 0 unspecified atom stereocenters. The van der Waals surface area contributed by atoms with Gasteiger partial charge >= 0.3 is 0 Å². The third-order valence-electron chi connectivity index (χ3n) is 1.86. The van der Waals surface area contributed by atoms with Gasteiger partial charge in [0.1, 0.15) is 12.4 Å². The van der Waals surface area contributed by atoms with Crippen LogP contribution < -0.4 is 5.32 Å². The first kappa shape index (κ1) is 10.3. The van der Waals surface area contributed by atoms with Crippen LogP contribution in [0.15, 0.2) is 16.7 Å². The van der Waals surface area contributed by atoms with Crippen molar-refractivity contribution in [1.82, 2.24) is 5.32 Å². The van der Waals surface area contributed by atoms with Crippen LogP contribution in [0.4, 0.5) is 0 Å². The summed E-state index contributed by atoms with van der Waals surface area (Å²) in [6.45, 7) is 4.61. The Labute approximate surface area is 79.1 Å². The summed E-state index contributed by atoms with van der Waals surface area (Å²) in [4.78, 5) is 0. The van der Waals surface area contributed by atoms with E-state index in [-0.39, 0.29) is 0 Å². The van der Waals surface area contributed by atoms with Gasteiger partial charge in [0.05, 0.1) is 6.26 Å². The fraction of sp³-hybridized carbons (Fsp3) is 0.600. The third-order valence-corrected chi connectivity index (χ3v) is 1.86. The van der Waals surface area contributed by atoms with Crippen LogP contribution in [-0.4, -0.2) is 13.7 Å². The SMILES string of the molecule is CCCNCc1ccoc1COC. The van der Waals surface area contributed by atoms with Crippen LogP contribution in [0.5, 0.6) is 0 Å². The van der Waals surface area contributed by atoms with Crippen molar-refractivity contribution in [2.45, 2.75) is 26.5 Å². The zero-order chi connectivity index (χ0) is 9.52. The van der Waals surface area contributed by atoms with Crippen LogP contribution in [0.1, 0.15) is 24.7 Å². The Bertz CT molecular complexity index is 233. The zero-order valence-corrected chi connectivity index (χ0v) is 8.30. The maximum Gasteiger partial charge on any atom is 0.133 e. The van der Waals surface area contributed by atoms with Gasteiger partial charge in [0.15, 0.2) is 0 Å². The van der Waals surface area contributed by atoms with Gasteiger partial charge in [-0.2, -0.15) is 0 Å². The Morgan fingerprint density at radius 1 is 1.54 bits per heavy atom. The lowest BCUT2D eigenvalue weighted by atomic mass is 10.2. The van der Waals surface area contributed by atoms with E-state index in [1.54, 1.807) is 13.4 Å². The molecule has 0 atom stereocenters. The summed E-state index contributed by atoms with van der Waals surface area (Å²) in [6, 6.07) is 1.98. The average molecular weight is 183 g/mol. The second-order valence-electron chi connectivity index (χ2n) is 2.98. The van der Waals surface area contributed by atoms with E-state index in [9.17, 15) is 0 Å². The summed E-state index contributed by atoms with van der Waals surface area (Å²) in [6.07, 6.45) is 2.86. The maximum absolute atomic E-state index is 5.27. The number of hydrogen-bond acceptors (Lipinski definition) is 3. The van der Waals surface area contributed by atoms with Gasteiger partial charge in [-0.05, 0) is 19.0 Å². The quantitative estimate of drug-likeness (QED) is 0.684. The molecule has 0 saturated carbocycles. The molecule has 0 amide bonds. The van der Waals surface area contributed by atoms with Crippen molar-refractivity contribution in [1.29, 1.82) is 0 Å². The first-order valence-electron chi connectivity index (χ1n) is 4.63. The van der Waals surface area contributed by atoms with Crippen LogP contribution in [0, 0.1) is 0 Å². The van der Waals surface area contributed by atoms with Crippen molar-refractivity contribution in [2.75, 3.05) is 13.7 Å². The third kappa shape index (κ3) is 3.20. The number of hydrogen-bond donors (Lipinski definition) is 1. The first-order chi connectivity index (χ1) is 6.38. The van der Waals surface area contributed by atoms with E-state index < -0.39 is 0 Å². The molecule has 13 heavy (non-hydrogen) atoms. The van der Waals surface area contributed by atoms with Crippen LogP contribution in [0.25, 0.3) is 0 Å². The van der Waals surface area contributed by atoms with Gasteiger partial charge in [-0.25, -0.2) is 0 Å². The van der Waals surface area contributed by atoms with Gasteiger partial charge < -0.3 is 14.5 Å². The van der Waals surface area contributed by atoms with Crippen molar-refractivity contribution in [3.05, 3.63) is 23.7 Å². The molecule has 0 fully saturated rings. The summed E-state index contributed by atoms with van der Waals surface area (Å²) in [5, 5.41) is 3.32. The monoisotopic (exact) mass is 183 g/mol. The van der Waals surface area contributed by atoms with Gasteiger partial charge in [0, 0.05) is 19.2 Å². The molecule has 0 spiro atoms. The highest BCUT2D eigenvalue weighted by Crippen LogP contribution is 2.10. The molecule has 3 heteroatoms. The summed E-state index contributed by atoms with van der Waals surface area (Å²) < 4.78 is 10.3. The lowest BCUT2D eigenvalue weighted by molar-refractivity contribution is 0.163. The van der Waals surface area contributed by atoms with Crippen LogP contribution in [0.2, 0.25) is 0 Å². The average Bonchev–Trinajstić information content (AvgIpc) is 2.54. The molecular weight excluding hydrogens is 166 g/mol. The van der Waals surface area contributed by atoms with Gasteiger partial charge in [-0.15, -0.1) is 0 Å². The highest BCUT2D eigenvalue weighted by atomic mass is 16.5. The van der Waals surface area contributed by atoms with E-state index in [1.165, 1.54) is 5.56 Å². The van der Waals surface area contributed by atoms with E-state index in [4.69, 9.17) is 9.15 Å². The van der Waals surface area contributed by atoms with E-state index in [0.717, 1.165) is 25.3 Å². The molecule has 1 aromatic heterocycles. The molecule has 0 aliphatic carbocycles. The van der Waals surface area contributed by atoms with Crippen molar-refractivity contribution in [2.24, 2.45) is 0 Å². The van der Waals surface area contributed by atoms with Crippen LogP contribution >= 0.6 is 0 Å². The largest absolute Gasteiger partial charge is 0.467 e. The Morgan fingerprint density at radius 3 is 3.08 bits per heavy atom. The second-order valence-corrected chi connectivity index (χ2v) is 2.98. The van der Waals surface area contributed by atoms with E-state index in [2.05, 4.69) is 12.2 Å². The molecule has 0 saturated heterocycles. The lowest BCUT2D eigenvalue weighted by Crippen LogP contribution is -2.14. The molecule has 0 aliphatic rings. The maximum atomic E-state index is 5.27.